The zero-order valence-corrected chi connectivity index (χ0v) is 9.91. The van der Waals surface area contributed by atoms with Gasteiger partial charge in [0.15, 0.2) is 0 Å². The average molecular weight is 250 g/mol. The van der Waals surface area contributed by atoms with Crippen molar-refractivity contribution < 1.29 is 13.9 Å². The Morgan fingerprint density at radius 3 is 2.83 bits per heavy atom. The van der Waals surface area contributed by atoms with Crippen molar-refractivity contribution in [3.05, 3.63) is 39.6 Å². The van der Waals surface area contributed by atoms with Gasteiger partial charge in [-0.3, -0.25) is 4.79 Å². The molecule has 18 heavy (non-hydrogen) atoms. The van der Waals surface area contributed by atoms with E-state index in [0.717, 1.165) is 13.2 Å². The van der Waals surface area contributed by atoms with Crippen molar-refractivity contribution >= 4 is 17.0 Å². The summed E-state index contributed by atoms with van der Waals surface area (Å²) in [5.41, 5.74) is 0.363. The van der Waals surface area contributed by atoms with Gasteiger partial charge in [0, 0.05) is 6.07 Å². The number of aromatic amines is 1. The summed E-state index contributed by atoms with van der Waals surface area (Å²) in [6.45, 7) is 1.78. The first-order valence-corrected chi connectivity index (χ1v) is 5.37. The number of carbonyl (C=O) groups is 1. The van der Waals surface area contributed by atoms with Crippen LogP contribution in [0.1, 0.15) is 23.0 Å². The molecule has 0 unspecified atom stereocenters. The number of esters is 1. The van der Waals surface area contributed by atoms with Gasteiger partial charge in [0.25, 0.3) is 5.56 Å². The molecule has 0 fully saturated rings. The maximum Gasteiger partial charge on any atom is 0.340 e. The number of benzene rings is 1. The largest absolute Gasteiger partial charge is 0.465 e. The van der Waals surface area contributed by atoms with Gasteiger partial charge in [0.05, 0.1) is 23.7 Å². The Balaban J connectivity index is 2.72. The van der Waals surface area contributed by atoms with Crippen molar-refractivity contribution in [2.24, 2.45) is 0 Å². The topological polar surface area (TPSA) is 72.0 Å². The number of nitrogens with one attached hydrogen (secondary N) is 1. The Kier molecular flexibility index (Phi) is 3.10. The normalized spacial score (nSPS) is 10.6. The Labute approximate surface area is 102 Å². The lowest BCUT2D eigenvalue weighted by molar-refractivity contribution is 0.0595. The molecule has 1 N–H and O–H groups in total. The number of aryl methyl sites for hydroxylation is 1. The van der Waals surface area contributed by atoms with E-state index in [2.05, 4.69) is 14.7 Å². The fourth-order valence-electron chi connectivity index (χ4n) is 1.65. The van der Waals surface area contributed by atoms with Crippen molar-refractivity contribution in [3.8, 4) is 0 Å². The Bertz CT molecular complexity index is 679. The monoisotopic (exact) mass is 250 g/mol. The van der Waals surface area contributed by atoms with E-state index < -0.39 is 11.8 Å². The molecule has 2 rings (SSSR count). The van der Waals surface area contributed by atoms with Crippen LogP contribution in [-0.4, -0.2) is 23.0 Å². The van der Waals surface area contributed by atoms with E-state index in [1.807, 2.05) is 0 Å². The van der Waals surface area contributed by atoms with Gasteiger partial charge < -0.3 is 9.72 Å². The second-order valence-electron chi connectivity index (χ2n) is 3.71. The summed E-state index contributed by atoms with van der Waals surface area (Å²) in [5.74, 6) is -1.52. The molecular weight excluding hydrogens is 239 g/mol. The molecule has 0 aliphatic carbocycles. The van der Waals surface area contributed by atoms with Gasteiger partial charge in [0.1, 0.15) is 11.5 Å². The number of ether oxygens (including phenoxy) is 1. The van der Waals surface area contributed by atoms with Gasteiger partial charge in [-0.2, -0.15) is 0 Å². The lowest BCUT2D eigenvalue weighted by Crippen LogP contribution is -2.15. The molecule has 0 aliphatic rings. The van der Waals surface area contributed by atoms with E-state index in [1.165, 1.54) is 6.07 Å². The molecule has 0 bridgehead atoms. The predicted octanol–water partition coefficient (Wildman–Crippen LogP) is 1.41. The van der Waals surface area contributed by atoms with E-state index in [0.29, 0.717) is 23.1 Å². The number of hydrogen-bond acceptors (Lipinski definition) is 4. The number of aromatic nitrogens is 2. The van der Waals surface area contributed by atoms with E-state index in [9.17, 15) is 14.0 Å². The Morgan fingerprint density at radius 1 is 1.50 bits per heavy atom. The molecule has 1 aromatic heterocycles. The molecule has 6 heteroatoms. The van der Waals surface area contributed by atoms with Crippen molar-refractivity contribution in [3.63, 3.8) is 0 Å². The van der Waals surface area contributed by atoms with Crippen molar-refractivity contribution in [1.82, 2.24) is 9.97 Å². The molecule has 0 aliphatic heterocycles. The fraction of sp³-hybridized carbons (Fsp3) is 0.250. The fourth-order valence-corrected chi connectivity index (χ4v) is 1.65. The van der Waals surface area contributed by atoms with E-state index in [4.69, 9.17) is 0 Å². The zero-order chi connectivity index (χ0) is 13.3. The molecule has 0 radical (unpaired) electrons. The third-order valence-electron chi connectivity index (χ3n) is 2.59. The van der Waals surface area contributed by atoms with Crippen LogP contribution >= 0.6 is 0 Å². The lowest BCUT2D eigenvalue weighted by atomic mass is 10.1. The lowest BCUT2D eigenvalue weighted by Gasteiger charge is -2.04. The molecule has 5 nitrogen and oxygen atoms in total. The molecule has 94 valence electrons. The number of H-pyrrole nitrogens is 1. The van der Waals surface area contributed by atoms with Crippen LogP contribution in [0.5, 0.6) is 0 Å². The molecule has 2 aromatic rings. The van der Waals surface area contributed by atoms with Crippen LogP contribution in [0.4, 0.5) is 4.39 Å². The van der Waals surface area contributed by atoms with Crippen LogP contribution in [0, 0.1) is 5.82 Å². The van der Waals surface area contributed by atoms with E-state index in [1.54, 1.807) is 6.92 Å². The van der Waals surface area contributed by atoms with Gasteiger partial charge in [-0.05, 0) is 12.5 Å². The number of halogens is 1. The second-order valence-corrected chi connectivity index (χ2v) is 3.71. The Hall–Kier alpha value is -2.24. The van der Waals surface area contributed by atoms with Gasteiger partial charge in [-0.1, -0.05) is 6.92 Å². The molecule has 0 saturated carbocycles. The number of carbonyl (C=O) groups excluding carboxylic acids is 1. The third-order valence-corrected chi connectivity index (χ3v) is 2.59. The SMILES string of the molecule is CCc1nc2cc(F)c(C(=O)OC)cc2[nH]c1=O. The summed E-state index contributed by atoms with van der Waals surface area (Å²) in [4.78, 5) is 29.5. The number of nitrogens with zero attached hydrogens (tertiary/aromatic N) is 1. The summed E-state index contributed by atoms with van der Waals surface area (Å²) in [5, 5.41) is 0. The van der Waals surface area contributed by atoms with Crippen molar-refractivity contribution in [2.45, 2.75) is 13.3 Å². The van der Waals surface area contributed by atoms with Crippen LogP contribution in [0.2, 0.25) is 0 Å². The van der Waals surface area contributed by atoms with E-state index >= 15 is 0 Å². The van der Waals surface area contributed by atoms with Gasteiger partial charge in [0.2, 0.25) is 0 Å². The van der Waals surface area contributed by atoms with E-state index in [-0.39, 0.29) is 11.1 Å². The zero-order valence-electron chi connectivity index (χ0n) is 9.91. The average Bonchev–Trinajstić information content (AvgIpc) is 2.37. The predicted molar refractivity (Wildman–Crippen MR) is 63.0 cm³/mol. The molecule has 0 amide bonds. The minimum absolute atomic E-state index is 0.230. The van der Waals surface area contributed by atoms with Crippen molar-refractivity contribution in [1.29, 1.82) is 0 Å². The number of hydrogen-bond donors (Lipinski definition) is 1. The van der Waals surface area contributed by atoms with Crippen LogP contribution in [0.15, 0.2) is 16.9 Å². The molecule has 0 spiro atoms. The molecule has 0 atom stereocenters. The summed E-state index contributed by atoms with van der Waals surface area (Å²) in [7, 11) is 1.16. The molecule has 0 saturated heterocycles. The van der Waals surface area contributed by atoms with Crippen LogP contribution in [0.25, 0.3) is 11.0 Å². The summed E-state index contributed by atoms with van der Waals surface area (Å²) >= 11 is 0. The number of fused-ring (bicyclic) bond motifs is 1. The summed E-state index contributed by atoms with van der Waals surface area (Å²) in [6, 6.07) is 2.33. The van der Waals surface area contributed by atoms with Gasteiger partial charge in [-0.25, -0.2) is 14.2 Å². The number of methoxy groups -OCH3 is 1. The first-order valence-electron chi connectivity index (χ1n) is 5.37. The molecule has 1 aromatic carbocycles. The highest BCUT2D eigenvalue weighted by Crippen LogP contribution is 2.16. The summed E-state index contributed by atoms with van der Waals surface area (Å²) in [6.07, 6.45) is 0.450. The first kappa shape index (κ1) is 12.2. The van der Waals surface area contributed by atoms with Gasteiger partial charge in [-0.15, -0.1) is 0 Å². The maximum absolute atomic E-state index is 13.7. The molecular formula is C12H11FN2O3. The highest BCUT2D eigenvalue weighted by Gasteiger charge is 2.15. The second kappa shape index (κ2) is 4.56. The van der Waals surface area contributed by atoms with Crippen molar-refractivity contribution in [2.75, 3.05) is 7.11 Å². The molecule has 1 heterocycles. The first-order chi connectivity index (χ1) is 8.56. The maximum atomic E-state index is 13.7. The van der Waals surface area contributed by atoms with Gasteiger partial charge >= 0.3 is 5.97 Å². The number of rotatable bonds is 2. The van der Waals surface area contributed by atoms with Crippen LogP contribution in [-0.2, 0) is 11.2 Å². The minimum atomic E-state index is -0.796. The highest BCUT2D eigenvalue weighted by molar-refractivity contribution is 5.93. The van der Waals surface area contributed by atoms with Crippen LogP contribution in [0.3, 0.4) is 0 Å². The smallest absolute Gasteiger partial charge is 0.340 e. The quantitative estimate of drug-likeness (QED) is 0.818. The third kappa shape index (κ3) is 1.97. The highest BCUT2D eigenvalue weighted by atomic mass is 19.1. The Morgan fingerprint density at radius 2 is 2.22 bits per heavy atom. The minimum Gasteiger partial charge on any atom is -0.465 e. The van der Waals surface area contributed by atoms with Crippen LogP contribution < -0.4 is 5.56 Å². The summed E-state index contributed by atoms with van der Waals surface area (Å²) < 4.78 is 18.1. The standard InChI is InChI=1S/C12H11FN2O3/c1-3-8-11(16)15-9-4-6(12(17)18-2)7(13)5-10(9)14-8/h4-5H,3H2,1-2H3,(H,15,16).